The van der Waals surface area contributed by atoms with Crippen molar-refractivity contribution in [2.24, 2.45) is 5.92 Å². The molecule has 3 rings (SSSR count). The van der Waals surface area contributed by atoms with Crippen LogP contribution >= 0.6 is 11.8 Å². The Balaban J connectivity index is 1.50. The van der Waals surface area contributed by atoms with Crippen LogP contribution in [0.3, 0.4) is 0 Å². The molecular formula is C14H20N2O3S2. The Hall–Kier alpha value is -0.760. The molecule has 2 aliphatic rings. The Morgan fingerprint density at radius 3 is 2.62 bits per heavy atom. The highest BCUT2D eigenvalue weighted by Gasteiger charge is 2.54. The average Bonchev–Trinajstić information content (AvgIpc) is 3.22. The van der Waals surface area contributed by atoms with Gasteiger partial charge in [-0.2, -0.15) is 4.31 Å². The highest BCUT2D eigenvalue weighted by Crippen LogP contribution is 2.45. The fourth-order valence-corrected chi connectivity index (χ4v) is 5.54. The van der Waals surface area contributed by atoms with Gasteiger partial charge < -0.3 is 10.8 Å². The molecule has 5 nitrogen and oxygen atoms in total. The molecule has 116 valence electrons. The molecule has 1 aromatic rings. The van der Waals surface area contributed by atoms with Gasteiger partial charge in [0, 0.05) is 29.4 Å². The van der Waals surface area contributed by atoms with Crippen LogP contribution in [0.2, 0.25) is 0 Å². The van der Waals surface area contributed by atoms with E-state index in [0.717, 1.165) is 17.7 Å². The quantitative estimate of drug-likeness (QED) is 0.604. The zero-order chi connectivity index (χ0) is 15.1. The minimum absolute atomic E-state index is 0.0761. The Kier molecular flexibility index (Phi) is 3.94. The van der Waals surface area contributed by atoms with Gasteiger partial charge in [0.05, 0.1) is 11.4 Å². The first-order valence-corrected chi connectivity index (χ1v) is 9.68. The van der Waals surface area contributed by atoms with E-state index in [0.29, 0.717) is 17.4 Å². The number of benzene rings is 1. The molecule has 7 heteroatoms. The highest BCUT2D eigenvalue weighted by atomic mass is 32.2. The number of thioether (sulfide) groups is 1. The first-order chi connectivity index (χ1) is 9.91. The Labute approximate surface area is 129 Å². The van der Waals surface area contributed by atoms with Crippen molar-refractivity contribution in [1.29, 1.82) is 0 Å². The van der Waals surface area contributed by atoms with Crippen LogP contribution in [0.15, 0.2) is 29.2 Å². The summed E-state index contributed by atoms with van der Waals surface area (Å²) < 4.78 is 25.8. The van der Waals surface area contributed by atoms with E-state index in [4.69, 9.17) is 5.73 Å². The molecule has 0 amide bonds. The summed E-state index contributed by atoms with van der Waals surface area (Å²) in [5, 5.41) is 10.2. The van der Waals surface area contributed by atoms with Crippen LogP contribution in [-0.4, -0.2) is 48.0 Å². The molecule has 2 fully saturated rings. The summed E-state index contributed by atoms with van der Waals surface area (Å²) in [5.74, 6) is 0.851. The van der Waals surface area contributed by atoms with Gasteiger partial charge in [0.25, 0.3) is 0 Å². The van der Waals surface area contributed by atoms with E-state index >= 15 is 0 Å². The second kappa shape index (κ2) is 5.46. The van der Waals surface area contributed by atoms with Gasteiger partial charge in [-0.05, 0) is 30.9 Å². The zero-order valence-corrected chi connectivity index (χ0v) is 13.4. The predicted molar refractivity (Wildman–Crippen MR) is 84.6 cm³/mol. The lowest BCUT2D eigenvalue weighted by Crippen LogP contribution is -2.65. The molecule has 0 aromatic heterocycles. The van der Waals surface area contributed by atoms with E-state index in [-0.39, 0.29) is 18.8 Å². The van der Waals surface area contributed by atoms with Crippen LogP contribution in [0.4, 0.5) is 5.69 Å². The number of sulfonamides is 1. The van der Waals surface area contributed by atoms with E-state index in [1.165, 1.54) is 16.1 Å². The second-order valence-electron chi connectivity index (χ2n) is 5.85. The molecule has 0 radical (unpaired) electrons. The zero-order valence-electron chi connectivity index (χ0n) is 11.7. The lowest BCUT2D eigenvalue weighted by molar-refractivity contribution is -0.0764. The van der Waals surface area contributed by atoms with Crippen LogP contribution in [-0.2, 0) is 10.0 Å². The van der Waals surface area contributed by atoms with Gasteiger partial charge in [0.2, 0.25) is 10.0 Å². The summed E-state index contributed by atoms with van der Waals surface area (Å²) in [7, 11) is -3.27. The monoisotopic (exact) mass is 328 g/mol. The molecule has 1 aromatic carbocycles. The van der Waals surface area contributed by atoms with Crippen LogP contribution in [0.1, 0.15) is 12.8 Å². The maximum Gasteiger partial charge on any atom is 0.215 e. The van der Waals surface area contributed by atoms with Crippen molar-refractivity contribution in [1.82, 2.24) is 4.31 Å². The lowest BCUT2D eigenvalue weighted by Gasteiger charge is -2.45. The summed E-state index contributed by atoms with van der Waals surface area (Å²) in [4.78, 5) is 0.908. The Morgan fingerprint density at radius 1 is 1.33 bits per heavy atom. The molecule has 21 heavy (non-hydrogen) atoms. The number of anilines is 1. The fourth-order valence-electron chi connectivity index (χ4n) is 2.64. The fraction of sp³-hybridized carbons (Fsp3) is 0.571. The summed E-state index contributed by atoms with van der Waals surface area (Å²) in [5.41, 5.74) is 5.74. The van der Waals surface area contributed by atoms with E-state index < -0.39 is 15.6 Å². The molecule has 0 bridgehead atoms. The van der Waals surface area contributed by atoms with E-state index in [9.17, 15) is 13.5 Å². The van der Waals surface area contributed by atoms with Crippen molar-refractivity contribution in [3.05, 3.63) is 24.3 Å². The third-order valence-electron chi connectivity index (χ3n) is 4.15. The number of β-amino-alcohol motifs (C(OH)–C–C–N with tert-alkyl or cyclic N) is 1. The van der Waals surface area contributed by atoms with Crippen molar-refractivity contribution in [3.63, 3.8) is 0 Å². The number of nitrogens with two attached hydrogens (primary N) is 1. The molecular weight excluding hydrogens is 308 g/mol. The van der Waals surface area contributed by atoms with E-state index in [2.05, 4.69) is 0 Å². The summed E-state index contributed by atoms with van der Waals surface area (Å²) in [6.45, 7) is 0.524. The maximum absolute atomic E-state index is 12.2. The van der Waals surface area contributed by atoms with Crippen molar-refractivity contribution in [2.45, 2.75) is 23.3 Å². The third kappa shape index (κ3) is 3.21. The minimum atomic E-state index is -3.27. The largest absolute Gasteiger partial charge is 0.398 e. The number of para-hydroxylation sites is 1. The highest BCUT2D eigenvalue weighted by molar-refractivity contribution is 8.00. The smallest absolute Gasteiger partial charge is 0.215 e. The number of nitrogens with zero attached hydrogens (tertiary/aromatic N) is 1. The van der Waals surface area contributed by atoms with Gasteiger partial charge in [-0.3, -0.25) is 0 Å². The lowest BCUT2D eigenvalue weighted by atomic mass is 9.91. The third-order valence-corrected chi connectivity index (χ3v) is 7.26. The number of hydrogen-bond donors (Lipinski definition) is 2. The molecule has 0 spiro atoms. The van der Waals surface area contributed by atoms with Gasteiger partial charge in [0.15, 0.2) is 0 Å². The normalized spacial score (nSPS) is 22.0. The molecule has 0 unspecified atom stereocenters. The van der Waals surface area contributed by atoms with Crippen molar-refractivity contribution in [3.8, 4) is 0 Å². The first kappa shape index (κ1) is 15.1. The van der Waals surface area contributed by atoms with Gasteiger partial charge in [0.1, 0.15) is 0 Å². The van der Waals surface area contributed by atoms with Crippen molar-refractivity contribution < 1.29 is 13.5 Å². The van der Waals surface area contributed by atoms with Gasteiger partial charge in [-0.25, -0.2) is 8.42 Å². The molecule has 1 heterocycles. The van der Waals surface area contributed by atoms with Gasteiger partial charge >= 0.3 is 0 Å². The van der Waals surface area contributed by atoms with Crippen LogP contribution < -0.4 is 5.73 Å². The van der Waals surface area contributed by atoms with Crippen molar-refractivity contribution >= 4 is 27.5 Å². The molecule has 1 aliphatic carbocycles. The first-order valence-electron chi connectivity index (χ1n) is 7.08. The molecule has 0 atom stereocenters. The summed E-state index contributed by atoms with van der Waals surface area (Å²) in [6.07, 6.45) is 2.04. The van der Waals surface area contributed by atoms with Gasteiger partial charge in [-0.15, -0.1) is 11.8 Å². The minimum Gasteiger partial charge on any atom is -0.398 e. The second-order valence-corrected chi connectivity index (χ2v) is 9.07. The number of rotatable bonds is 6. The Morgan fingerprint density at radius 2 is 2.00 bits per heavy atom. The van der Waals surface area contributed by atoms with Crippen LogP contribution in [0, 0.1) is 5.92 Å². The number of aliphatic hydroxyl groups is 1. The average molecular weight is 328 g/mol. The molecule has 1 saturated carbocycles. The van der Waals surface area contributed by atoms with E-state index in [1.54, 1.807) is 0 Å². The number of hydrogen-bond acceptors (Lipinski definition) is 5. The van der Waals surface area contributed by atoms with Gasteiger partial charge in [-0.1, -0.05) is 12.1 Å². The van der Waals surface area contributed by atoms with Crippen LogP contribution in [0.25, 0.3) is 0 Å². The summed E-state index contributed by atoms with van der Waals surface area (Å²) >= 11 is 1.45. The molecule has 3 N–H and O–H groups in total. The molecule has 1 saturated heterocycles. The maximum atomic E-state index is 12.2. The molecule has 1 aliphatic heterocycles. The summed E-state index contributed by atoms with van der Waals surface area (Å²) in [6, 6.07) is 7.44. The number of nitrogen functional groups attached to an aromatic ring is 1. The van der Waals surface area contributed by atoms with Crippen molar-refractivity contribution in [2.75, 3.05) is 30.3 Å². The van der Waals surface area contributed by atoms with E-state index in [1.807, 2.05) is 24.3 Å². The van der Waals surface area contributed by atoms with Crippen LogP contribution in [0.5, 0.6) is 0 Å². The Bertz CT molecular complexity index is 623. The standard InChI is InChI=1S/C14H20N2O3S2/c15-12-3-1-2-4-13(12)20-7-8-21(18,19)16-9-14(17,10-16)11-5-6-11/h1-4,11,17H,5-10,15H2. The topological polar surface area (TPSA) is 83.6 Å². The predicted octanol–water partition coefficient (Wildman–Crippen LogP) is 1.15. The SMILES string of the molecule is Nc1ccccc1SCCS(=O)(=O)N1CC(O)(C2CC2)C1.